The fraction of sp³-hybridized carbons (Fsp3) is 0.333. The molecule has 1 unspecified atom stereocenters. The number of aromatic hydroxyl groups is 1. The Balaban J connectivity index is 1.31. The maximum Gasteiger partial charge on any atom is 0.415 e. The van der Waals surface area contributed by atoms with E-state index in [1.807, 2.05) is 12.1 Å². The van der Waals surface area contributed by atoms with Crippen LogP contribution in [0.15, 0.2) is 47.3 Å². The molecular formula is C27H24Cl2N4O5. The van der Waals surface area contributed by atoms with E-state index in [4.69, 9.17) is 27.9 Å². The maximum absolute atomic E-state index is 13.7. The zero-order valence-electron chi connectivity index (χ0n) is 20.3. The molecule has 196 valence electrons. The van der Waals surface area contributed by atoms with E-state index in [2.05, 4.69) is 17.1 Å². The highest BCUT2D eigenvalue weighted by atomic mass is 35.5. The molecule has 9 nitrogen and oxygen atoms in total. The molecule has 3 aliphatic rings. The van der Waals surface area contributed by atoms with Crippen LogP contribution in [0.3, 0.4) is 0 Å². The van der Waals surface area contributed by atoms with E-state index in [0.29, 0.717) is 32.5 Å². The van der Waals surface area contributed by atoms with Crippen molar-refractivity contribution in [1.82, 2.24) is 19.4 Å². The fourth-order valence-corrected chi connectivity index (χ4v) is 6.26. The number of nitrogens with zero attached hydrogens (tertiary/aromatic N) is 4. The molecule has 3 aromatic rings. The molecule has 2 amide bonds. The molecular weight excluding hydrogens is 531 g/mol. The molecule has 0 radical (unpaired) electrons. The van der Waals surface area contributed by atoms with Crippen LogP contribution >= 0.6 is 23.2 Å². The summed E-state index contributed by atoms with van der Waals surface area (Å²) in [6.07, 6.45) is 1.90. The largest absolute Gasteiger partial charge is 0.501 e. The number of aromatic nitrogens is 2. The van der Waals surface area contributed by atoms with Gasteiger partial charge in [0.25, 0.3) is 5.91 Å². The van der Waals surface area contributed by atoms with Gasteiger partial charge in [-0.05, 0) is 48.9 Å². The smallest absolute Gasteiger partial charge is 0.415 e. The van der Waals surface area contributed by atoms with Crippen LogP contribution in [-0.4, -0.2) is 55.6 Å². The summed E-state index contributed by atoms with van der Waals surface area (Å²) in [7, 11) is 0. The number of benzene rings is 2. The Bertz CT molecular complexity index is 1480. The summed E-state index contributed by atoms with van der Waals surface area (Å²) < 4.78 is 7.11. The minimum atomic E-state index is -0.898. The van der Waals surface area contributed by atoms with Crippen LogP contribution < -0.4 is 10.3 Å². The van der Waals surface area contributed by atoms with Crippen LogP contribution in [0.4, 0.5) is 4.79 Å². The topological polar surface area (TPSA) is 105 Å². The predicted octanol–water partition coefficient (Wildman–Crippen LogP) is 4.21. The highest BCUT2D eigenvalue weighted by Gasteiger charge is 2.41. The predicted molar refractivity (Wildman–Crippen MR) is 140 cm³/mol. The first-order chi connectivity index (χ1) is 18.3. The Hall–Kier alpha value is -3.56. The maximum atomic E-state index is 13.7. The molecule has 6 rings (SSSR count). The van der Waals surface area contributed by atoms with Crippen molar-refractivity contribution in [3.8, 4) is 11.5 Å². The number of rotatable bonds is 3. The number of halogens is 2. The van der Waals surface area contributed by atoms with Crippen LogP contribution in [0.1, 0.15) is 46.3 Å². The molecule has 1 atom stereocenters. The zero-order valence-corrected chi connectivity index (χ0v) is 21.8. The molecule has 1 aliphatic carbocycles. The van der Waals surface area contributed by atoms with Crippen molar-refractivity contribution in [3.63, 3.8) is 0 Å². The number of amides is 2. The Labute approximate surface area is 228 Å². The molecule has 0 bridgehead atoms. The number of carbonyl (C=O) groups excluding carboxylic acids is 2. The molecule has 38 heavy (non-hydrogen) atoms. The third-order valence-corrected chi connectivity index (χ3v) is 8.18. The molecule has 2 aliphatic heterocycles. The third-order valence-electron chi connectivity index (χ3n) is 7.58. The van der Waals surface area contributed by atoms with Crippen molar-refractivity contribution < 1.29 is 19.4 Å². The van der Waals surface area contributed by atoms with E-state index in [9.17, 15) is 19.5 Å². The fourth-order valence-electron chi connectivity index (χ4n) is 5.79. The van der Waals surface area contributed by atoms with Crippen molar-refractivity contribution in [2.45, 2.75) is 44.3 Å². The normalized spacial score (nSPS) is 19.0. The number of ether oxygens (including phenoxy) is 1. The Morgan fingerprint density at radius 1 is 0.974 bits per heavy atom. The van der Waals surface area contributed by atoms with Gasteiger partial charge in [-0.1, -0.05) is 53.5 Å². The molecule has 3 heterocycles. The van der Waals surface area contributed by atoms with E-state index >= 15 is 0 Å². The average molecular weight is 555 g/mol. The number of hydrogen-bond acceptors (Lipinski definition) is 6. The quantitative estimate of drug-likeness (QED) is 0.519. The van der Waals surface area contributed by atoms with Crippen LogP contribution in [-0.2, 0) is 19.4 Å². The lowest BCUT2D eigenvalue weighted by Crippen LogP contribution is -2.49. The minimum absolute atomic E-state index is 0.0488. The van der Waals surface area contributed by atoms with Crippen molar-refractivity contribution in [2.75, 3.05) is 13.1 Å². The number of hydrogen-bond donors (Lipinski definition) is 1. The molecule has 0 spiro atoms. The second-order valence-corrected chi connectivity index (χ2v) is 10.5. The Morgan fingerprint density at radius 3 is 2.34 bits per heavy atom. The third kappa shape index (κ3) is 4.10. The lowest BCUT2D eigenvalue weighted by Gasteiger charge is -2.36. The highest BCUT2D eigenvalue weighted by Crippen LogP contribution is 2.37. The van der Waals surface area contributed by atoms with E-state index < -0.39 is 29.4 Å². The van der Waals surface area contributed by atoms with Gasteiger partial charge >= 0.3 is 11.7 Å². The summed E-state index contributed by atoms with van der Waals surface area (Å²) >= 11 is 12.3. The van der Waals surface area contributed by atoms with Crippen LogP contribution in [0.25, 0.3) is 0 Å². The average Bonchev–Trinajstić information content (AvgIpc) is 3.56. The summed E-state index contributed by atoms with van der Waals surface area (Å²) in [6.45, 7) is 1.09. The second-order valence-electron chi connectivity index (χ2n) is 9.72. The molecule has 2 aromatic carbocycles. The number of likely N-dealkylation sites (tertiary alicyclic amines) is 1. The monoisotopic (exact) mass is 554 g/mol. The zero-order chi connectivity index (χ0) is 26.6. The van der Waals surface area contributed by atoms with Crippen molar-refractivity contribution >= 4 is 35.2 Å². The van der Waals surface area contributed by atoms with Gasteiger partial charge in [0, 0.05) is 25.7 Å². The van der Waals surface area contributed by atoms with Gasteiger partial charge < -0.3 is 19.3 Å². The first-order valence-electron chi connectivity index (χ1n) is 12.5. The molecule has 1 aromatic heterocycles. The lowest BCUT2D eigenvalue weighted by molar-refractivity contribution is 0.0610. The standard InChI is InChI=1S/C27H24Cl2N4O5/c28-18-7-3-8-19(29)23(18)38-27(37)32-10-4-9-20(32)24-30-25(35)22(34)21-26(36)31(11-12-33(21)24)17-13-15-5-1-2-6-16(15)14-17/h1-3,5-8,17,20,34H,4,9-14H2. The summed E-state index contributed by atoms with van der Waals surface area (Å²) in [5.41, 5.74) is 1.42. The van der Waals surface area contributed by atoms with Gasteiger partial charge in [0.15, 0.2) is 11.4 Å². The van der Waals surface area contributed by atoms with Gasteiger partial charge in [-0.2, -0.15) is 4.98 Å². The summed E-state index contributed by atoms with van der Waals surface area (Å²) in [4.78, 5) is 46.9. The van der Waals surface area contributed by atoms with Gasteiger partial charge in [-0.15, -0.1) is 0 Å². The van der Waals surface area contributed by atoms with Gasteiger partial charge in [0.05, 0.1) is 16.1 Å². The number of para-hydroxylation sites is 1. The summed E-state index contributed by atoms with van der Waals surface area (Å²) in [5.74, 6) is -0.783. The van der Waals surface area contributed by atoms with Crippen molar-refractivity contribution in [2.24, 2.45) is 0 Å². The molecule has 1 saturated heterocycles. The number of carbonyl (C=O) groups is 2. The van der Waals surface area contributed by atoms with Gasteiger partial charge in [-0.25, -0.2) is 4.79 Å². The highest BCUT2D eigenvalue weighted by molar-refractivity contribution is 6.37. The van der Waals surface area contributed by atoms with Gasteiger partial charge in [0.2, 0.25) is 5.75 Å². The molecule has 0 saturated carbocycles. The summed E-state index contributed by atoms with van der Waals surface area (Å²) in [6, 6.07) is 12.2. The van der Waals surface area contributed by atoms with E-state index in [-0.39, 0.29) is 33.4 Å². The minimum Gasteiger partial charge on any atom is -0.501 e. The first kappa shape index (κ1) is 24.8. The van der Waals surface area contributed by atoms with Gasteiger partial charge in [0.1, 0.15) is 5.82 Å². The van der Waals surface area contributed by atoms with E-state index in [1.165, 1.54) is 16.0 Å². The molecule has 1 N–H and O–H groups in total. The van der Waals surface area contributed by atoms with Crippen molar-refractivity contribution in [3.05, 3.63) is 85.5 Å². The van der Waals surface area contributed by atoms with Crippen LogP contribution in [0.5, 0.6) is 11.5 Å². The SMILES string of the molecule is O=C1c2c(O)c(=O)nc(C3CCCN3C(=O)Oc3c(Cl)cccc3Cl)n2CCN1C1Cc2ccccc2C1. The Kier molecular flexibility index (Phi) is 6.28. The van der Waals surface area contributed by atoms with Crippen molar-refractivity contribution in [1.29, 1.82) is 0 Å². The van der Waals surface area contributed by atoms with Gasteiger partial charge in [-0.3, -0.25) is 14.5 Å². The van der Waals surface area contributed by atoms with Crippen LogP contribution in [0, 0.1) is 0 Å². The lowest BCUT2D eigenvalue weighted by atomic mass is 10.1. The Morgan fingerprint density at radius 2 is 1.66 bits per heavy atom. The van der Waals surface area contributed by atoms with E-state index in [0.717, 1.165) is 12.8 Å². The number of fused-ring (bicyclic) bond motifs is 2. The summed E-state index contributed by atoms with van der Waals surface area (Å²) in [5, 5.41) is 11.1. The van der Waals surface area contributed by atoms with Crippen LogP contribution in [0.2, 0.25) is 10.0 Å². The first-order valence-corrected chi connectivity index (χ1v) is 13.2. The molecule has 1 fully saturated rings. The second kappa shape index (κ2) is 9.63. The molecule has 11 heteroatoms. The van der Waals surface area contributed by atoms with E-state index in [1.54, 1.807) is 27.7 Å².